The summed E-state index contributed by atoms with van der Waals surface area (Å²) in [6.07, 6.45) is 18.3. The van der Waals surface area contributed by atoms with Gasteiger partial charge < -0.3 is 97.9 Å². The number of carbonyl (C=O) groups excluding carboxylic acids is 6. The summed E-state index contributed by atoms with van der Waals surface area (Å²) in [6, 6.07) is 40.6. The van der Waals surface area contributed by atoms with Gasteiger partial charge in [-0.15, -0.1) is 0 Å². The molecule has 27 rings (SSSR count). The molecule has 30 nitrogen and oxygen atoms in total. The van der Waals surface area contributed by atoms with Gasteiger partial charge in [0.15, 0.2) is 0 Å². The first-order valence-corrected chi connectivity index (χ1v) is 49.0. The number of amides is 6. The number of nitrogens with zero attached hydrogens (tertiary/aromatic N) is 16. The van der Waals surface area contributed by atoms with E-state index in [0.29, 0.717) is 210 Å². The van der Waals surface area contributed by atoms with Gasteiger partial charge in [0.25, 0.3) is 0 Å². The smallest absolute Gasteiger partial charge is 0.409 e. The summed E-state index contributed by atoms with van der Waals surface area (Å²) >= 11 is 0. The summed E-state index contributed by atoms with van der Waals surface area (Å²) in [7, 11) is 0. The molecule has 6 atom stereocenters. The summed E-state index contributed by atoms with van der Waals surface area (Å²) in [4.78, 5) is 127. The molecule has 6 aromatic rings. The van der Waals surface area contributed by atoms with E-state index in [4.69, 9.17) is 48.4 Å². The second-order valence-corrected chi connectivity index (χ2v) is 36.0. The first kappa shape index (κ1) is 93.6. The maximum atomic E-state index is 13.3. The molecule has 132 heavy (non-hydrogen) atoms. The molecule has 3 aliphatic carbocycles. The zero-order valence-corrected chi connectivity index (χ0v) is 78.3. The molecule has 21 aliphatic rings. The van der Waals surface area contributed by atoms with E-state index >= 15 is 0 Å². The van der Waals surface area contributed by atoms with Crippen LogP contribution in [0.2, 0.25) is 0 Å². The lowest BCUT2D eigenvalue weighted by atomic mass is 9.89. The summed E-state index contributed by atoms with van der Waals surface area (Å²) in [6.45, 7) is 27.6. The predicted octanol–water partition coefficient (Wildman–Crippen LogP) is 14.6. The molecule has 0 unspecified atom stereocenters. The van der Waals surface area contributed by atoms with Crippen LogP contribution in [-0.2, 0) is 41.5 Å². The lowest BCUT2D eigenvalue weighted by Gasteiger charge is -2.38. The Kier molecular flexibility index (Phi) is 32.0. The second kappa shape index (κ2) is 45.2. The lowest BCUT2D eigenvalue weighted by Crippen LogP contribution is -2.50. The van der Waals surface area contributed by atoms with Gasteiger partial charge in [0.2, 0.25) is 0 Å². The SMILES string of the molecule is CCOC(=O)N1CCN(c2cc3ccc2C=N[C@@H]2CCCC[C@H]2N=Cc2ccc(cc2N2CCN(C(=O)OCC)CC2)-c2ccc(c(N4CCN(C(=O)OCC)CC4)c2)CN[C@@H]2CCCC[C@H]2NCc2ccc(cc2N2CCN(C(=O)OCC)CC2)-c2ccc(c(N4CCN(C(=O)OCC)CC4)c2)C=N[C@@H]2CCCC[C@H]2N=Cc2ccc-3cc2N2CCN(C(=O)OCC)CC2)CC1. The van der Waals surface area contributed by atoms with Crippen LogP contribution >= 0.6 is 0 Å². The van der Waals surface area contributed by atoms with Crippen molar-refractivity contribution in [3.8, 4) is 33.4 Å². The van der Waals surface area contributed by atoms with Gasteiger partial charge in [-0.25, -0.2) is 28.8 Å². The van der Waals surface area contributed by atoms with Gasteiger partial charge in [-0.3, -0.25) is 20.0 Å². The molecule has 18 aliphatic heterocycles. The molecule has 0 spiro atoms. The van der Waals surface area contributed by atoms with E-state index in [-0.39, 0.29) is 72.8 Å². The third-order valence-electron chi connectivity index (χ3n) is 28.1. The van der Waals surface area contributed by atoms with Gasteiger partial charge >= 0.3 is 36.6 Å². The number of hydrogen-bond acceptors (Lipinski definition) is 24. The Labute approximate surface area is 778 Å². The monoisotopic (exact) mass is 1810 g/mol. The van der Waals surface area contributed by atoms with Crippen molar-refractivity contribution in [1.29, 1.82) is 0 Å². The van der Waals surface area contributed by atoms with E-state index < -0.39 is 0 Å². The number of aliphatic imine (C=N–C) groups is 4. The molecule has 30 heteroatoms. The molecule has 706 valence electrons. The maximum absolute atomic E-state index is 13.3. The Balaban J connectivity index is 0.795. The van der Waals surface area contributed by atoms with Crippen LogP contribution in [0.4, 0.5) is 62.9 Å². The van der Waals surface area contributed by atoms with Crippen molar-refractivity contribution in [2.75, 3.05) is 226 Å². The fourth-order valence-electron chi connectivity index (χ4n) is 20.6. The highest BCUT2D eigenvalue weighted by Gasteiger charge is 2.35. The van der Waals surface area contributed by atoms with E-state index in [2.05, 4.69) is 174 Å². The molecule has 12 bridgehead atoms. The quantitative estimate of drug-likeness (QED) is 0.108. The average molecular weight is 1810 g/mol. The van der Waals surface area contributed by atoms with Crippen LogP contribution in [0.15, 0.2) is 129 Å². The minimum absolute atomic E-state index is 0.0963. The molecule has 6 aromatic carbocycles. The van der Waals surface area contributed by atoms with E-state index in [1.807, 2.05) is 51.3 Å². The minimum Gasteiger partial charge on any atom is -0.450 e. The summed E-state index contributed by atoms with van der Waals surface area (Å²) in [5.74, 6) is 0. The first-order valence-electron chi connectivity index (χ1n) is 49.0. The summed E-state index contributed by atoms with van der Waals surface area (Å²) in [5.41, 5.74) is 18.9. The van der Waals surface area contributed by atoms with Crippen LogP contribution in [-0.4, -0.2) is 324 Å². The Hall–Kier alpha value is -11.7. The molecule has 0 aromatic heterocycles. The highest BCUT2D eigenvalue weighted by Crippen LogP contribution is 2.40. The number of rotatable bonds is 12. The van der Waals surface area contributed by atoms with Crippen LogP contribution in [0.1, 0.15) is 152 Å². The lowest BCUT2D eigenvalue weighted by molar-refractivity contribution is 0.104. The van der Waals surface area contributed by atoms with Gasteiger partial charge in [0.05, 0.1) is 63.8 Å². The zero-order chi connectivity index (χ0) is 91.4. The van der Waals surface area contributed by atoms with Crippen LogP contribution in [0.5, 0.6) is 0 Å². The molecular formula is C102H136N18O12. The second-order valence-electron chi connectivity index (χ2n) is 36.0. The Morgan fingerprint density at radius 3 is 0.659 bits per heavy atom. The number of hydrogen-bond donors (Lipinski definition) is 2. The van der Waals surface area contributed by atoms with Gasteiger partial charge in [0, 0.05) is 263 Å². The van der Waals surface area contributed by atoms with Crippen molar-refractivity contribution < 1.29 is 57.2 Å². The first-order chi connectivity index (χ1) is 64.6. The number of benzene rings is 6. The molecule has 0 radical (unpaired) electrons. The van der Waals surface area contributed by atoms with Crippen LogP contribution in [0.25, 0.3) is 33.4 Å². The van der Waals surface area contributed by atoms with Gasteiger partial charge in [-0.1, -0.05) is 111 Å². The number of nitrogens with one attached hydrogen (secondary N) is 2. The Morgan fingerprint density at radius 1 is 0.258 bits per heavy atom. The molecule has 9 fully saturated rings. The summed E-state index contributed by atoms with van der Waals surface area (Å²) < 4.78 is 33.2. The predicted molar refractivity (Wildman–Crippen MR) is 523 cm³/mol. The Morgan fingerprint density at radius 2 is 0.447 bits per heavy atom. The largest absolute Gasteiger partial charge is 0.450 e. The van der Waals surface area contributed by atoms with Crippen LogP contribution in [0.3, 0.4) is 0 Å². The van der Waals surface area contributed by atoms with Crippen molar-refractivity contribution in [3.63, 3.8) is 0 Å². The topological polar surface area (TPSA) is 270 Å². The molecular weight excluding hydrogens is 1670 g/mol. The number of carbonyl (C=O) groups is 6. The van der Waals surface area contributed by atoms with Crippen molar-refractivity contribution in [2.24, 2.45) is 20.0 Å². The molecule has 6 saturated heterocycles. The van der Waals surface area contributed by atoms with Crippen LogP contribution in [0, 0.1) is 0 Å². The van der Waals surface area contributed by atoms with E-state index in [0.717, 1.165) is 167 Å². The molecule has 3 saturated carbocycles. The van der Waals surface area contributed by atoms with Crippen molar-refractivity contribution in [2.45, 2.75) is 168 Å². The normalized spacial score (nSPS) is 21.9. The fraction of sp³-hybridized carbons (Fsp3) is 0.549. The van der Waals surface area contributed by atoms with Gasteiger partial charge in [0.1, 0.15) is 0 Å². The molecule has 18 heterocycles. The van der Waals surface area contributed by atoms with E-state index in [1.54, 1.807) is 19.6 Å². The van der Waals surface area contributed by atoms with Gasteiger partial charge in [-0.05, 0) is 161 Å². The highest BCUT2D eigenvalue weighted by molar-refractivity contribution is 5.95. The van der Waals surface area contributed by atoms with E-state index in [9.17, 15) is 28.8 Å². The van der Waals surface area contributed by atoms with Crippen molar-refractivity contribution >= 4 is 95.5 Å². The molecule has 2 N–H and O–H groups in total. The molecule has 6 amide bonds. The van der Waals surface area contributed by atoms with Crippen molar-refractivity contribution in [3.05, 3.63) is 143 Å². The van der Waals surface area contributed by atoms with E-state index in [1.165, 1.54) is 11.1 Å². The zero-order valence-electron chi connectivity index (χ0n) is 78.3. The Bertz CT molecular complexity index is 4770. The van der Waals surface area contributed by atoms with Crippen molar-refractivity contribution in [1.82, 2.24) is 40.0 Å². The average Bonchev–Trinajstić information content (AvgIpc) is 0.792. The fourth-order valence-corrected chi connectivity index (χ4v) is 20.6. The number of piperazine rings is 6. The standard InChI is InChI=1S/C102H136N18O12/c1-7-127-97(121)115-49-37-109(38-50-115)91-61-73-25-31-79(91)67-103-85-19-13-14-20-86(85)104-69-81-33-27-75(63-93(81)111-41-53-117(54-42-111)99(123)129-9-3)76-28-34-83(94(64-76)112-43-55-118(56-44-112)100(124)130-10-4)71-107-89-23-17-18-24-90(89)108-72-84-36-30-78(66-96(84)114-47-59-120(60-48-114)102(126)132-12-6)77-29-35-82(95(65-77)113-45-57-119(58-46-113)101(125)131-11-5)70-106-88-22-16-15-21-87(88)105-68-80-32-26-74(73)62-92(80)110-39-51-116(52-40-110)98(122)128-8-2/h25-36,61-70,85-90,107-108H,7-24,37-60,71-72H2,1-6H3/t85-,86-,87-,88-,89-,90-/m1/s1. The maximum Gasteiger partial charge on any atom is 0.409 e. The highest BCUT2D eigenvalue weighted by atomic mass is 16.6. The third-order valence-corrected chi connectivity index (χ3v) is 28.1. The third kappa shape index (κ3) is 22.8. The minimum atomic E-state index is -0.305. The summed E-state index contributed by atoms with van der Waals surface area (Å²) in [5, 5.41) is 8.28. The number of anilines is 6. The van der Waals surface area contributed by atoms with Gasteiger partial charge in [-0.2, -0.15) is 0 Å². The van der Waals surface area contributed by atoms with Crippen LogP contribution < -0.4 is 40.0 Å². The number of ether oxygens (including phenoxy) is 6.